The maximum atomic E-state index is 4.22. The van der Waals surface area contributed by atoms with Gasteiger partial charge in [-0.05, 0) is 42.4 Å². The second-order valence-electron chi connectivity index (χ2n) is 10.2. The first-order chi connectivity index (χ1) is 20.3. The van der Waals surface area contributed by atoms with Gasteiger partial charge in [0.2, 0.25) is 0 Å². The molecule has 8 aromatic rings. The summed E-state index contributed by atoms with van der Waals surface area (Å²) in [6, 6.07) is 48.5. The van der Waals surface area contributed by atoms with Gasteiger partial charge in [0.15, 0.2) is 0 Å². The summed E-state index contributed by atoms with van der Waals surface area (Å²) < 4.78 is 2.42. The van der Waals surface area contributed by atoms with Gasteiger partial charge < -0.3 is 19.2 Å². The summed E-state index contributed by atoms with van der Waals surface area (Å²) >= 11 is 0. The van der Waals surface area contributed by atoms with Crippen LogP contribution in [-0.2, 0) is 20.1 Å². The first-order valence-corrected chi connectivity index (χ1v) is 13.7. The third-order valence-electron chi connectivity index (χ3n) is 7.86. The standard InChI is InChI=1S/C26H17N3.C11H8N.Ir/c1-27-16-28(22-13-5-4-12-21(22)27)23-14-7-15-24-25(23)19-10-6-9-18-17-8-2-3-11-20(17)29(24)26(18)19;1-2-6-10(7-3-1)11-8-4-5-9-12-11;/h2-13,15-16H,1H3;1-6,8-9H;/q-2;-1;+3. The number of nitrogens with zero attached hydrogens (tertiary/aromatic N) is 4. The molecule has 0 unspecified atom stereocenters. The van der Waals surface area contributed by atoms with Crippen molar-refractivity contribution in [3.63, 3.8) is 0 Å². The first kappa shape index (κ1) is 26.2. The van der Waals surface area contributed by atoms with E-state index in [0.29, 0.717) is 0 Å². The van der Waals surface area contributed by atoms with E-state index in [4.69, 9.17) is 0 Å². The molecule has 4 nitrogen and oxygen atoms in total. The van der Waals surface area contributed by atoms with Gasteiger partial charge in [-0.25, -0.2) is 0 Å². The summed E-state index contributed by atoms with van der Waals surface area (Å²) in [7, 11) is 2.10. The molecule has 9 rings (SSSR count). The van der Waals surface area contributed by atoms with Crippen molar-refractivity contribution in [1.82, 2.24) is 9.38 Å². The van der Waals surface area contributed by atoms with Gasteiger partial charge in [-0.2, -0.15) is 18.8 Å². The number of para-hydroxylation sites is 4. The molecule has 0 amide bonds. The van der Waals surface area contributed by atoms with Crippen molar-refractivity contribution in [3.8, 4) is 11.3 Å². The minimum absolute atomic E-state index is 0. The number of hydrogen-bond donors (Lipinski definition) is 0. The largest absolute Gasteiger partial charge is 3.00 e. The maximum absolute atomic E-state index is 4.22. The van der Waals surface area contributed by atoms with E-state index in [1.165, 1.54) is 49.5 Å². The van der Waals surface area contributed by atoms with E-state index >= 15 is 0 Å². The van der Waals surface area contributed by atoms with Gasteiger partial charge in [0.05, 0.1) is 5.52 Å². The number of hydrogen-bond acceptors (Lipinski definition) is 3. The fourth-order valence-electron chi connectivity index (χ4n) is 6.11. The van der Waals surface area contributed by atoms with Crippen LogP contribution in [0.15, 0.2) is 128 Å². The van der Waals surface area contributed by atoms with Crippen molar-refractivity contribution in [1.29, 1.82) is 0 Å². The van der Waals surface area contributed by atoms with Crippen molar-refractivity contribution in [2.45, 2.75) is 0 Å². The maximum Gasteiger partial charge on any atom is 3.00 e. The molecule has 0 aliphatic carbocycles. The molecule has 0 bridgehead atoms. The molecule has 0 spiro atoms. The Labute approximate surface area is 258 Å². The second kappa shape index (κ2) is 10.6. The monoisotopic (exact) mass is 718 g/mol. The van der Waals surface area contributed by atoms with E-state index in [9.17, 15) is 0 Å². The summed E-state index contributed by atoms with van der Waals surface area (Å²) in [6.45, 7) is 2.16. The fourth-order valence-corrected chi connectivity index (χ4v) is 6.11. The quantitative estimate of drug-likeness (QED) is 0.167. The molecule has 42 heavy (non-hydrogen) atoms. The molecule has 0 fully saturated rings. The molecule has 0 N–H and O–H groups in total. The first-order valence-electron chi connectivity index (χ1n) is 13.7. The number of aromatic nitrogens is 2. The van der Waals surface area contributed by atoms with E-state index in [2.05, 4.69) is 124 Å². The van der Waals surface area contributed by atoms with Crippen LogP contribution in [0.1, 0.15) is 0 Å². The number of fused-ring (bicyclic) bond motifs is 7. The Morgan fingerprint density at radius 1 is 0.643 bits per heavy atom. The Bertz CT molecular complexity index is 2120. The van der Waals surface area contributed by atoms with Crippen LogP contribution in [0.4, 0.5) is 17.1 Å². The second-order valence-corrected chi connectivity index (χ2v) is 10.2. The van der Waals surface area contributed by atoms with E-state index in [1.54, 1.807) is 6.20 Å². The van der Waals surface area contributed by atoms with Crippen LogP contribution in [0, 0.1) is 18.8 Å². The molecule has 4 heterocycles. The van der Waals surface area contributed by atoms with Crippen molar-refractivity contribution >= 4 is 55.2 Å². The molecule has 0 saturated carbocycles. The van der Waals surface area contributed by atoms with Crippen LogP contribution < -0.4 is 9.80 Å². The number of benzene rings is 5. The summed E-state index contributed by atoms with van der Waals surface area (Å²) in [5, 5.41) is 5.14. The molecular formula is C37H25IrN4. The average molecular weight is 718 g/mol. The van der Waals surface area contributed by atoms with E-state index in [0.717, 1.165) is 16.9 Å². The molecule has 0 radical (unpaired) electrons. The van der Waals surface area contributed by atoms with Gasteiger partial charge in [-0.3, -0.25) is 0 Å². The number of anilines is 3. The number of pyridine rings is 1. The predicted molar refractivity (Wildman–Crippen MR) is 170 cm³/mol. The fraction of sp³-hybridized carbons (Fsp3) is 0.0270. The van der Waals surface area contributed by atoms with Crippen molar-refractivity contribution in [2.75, 3.05) is 16.8 Å². The third kappa shape index (κ3) is 4.05. The molecular weight excluding hydrogens is 693 g/mol. The van der Waals surface area contributed by atoms with Gasteiger partial charge in [0.25, 0.3) is 0 Å². The zero-order chi connectivity index (χ0) is 27.3. The minimum atomic E-state index is 0. The van der Waals surface area contributed by atoms with Crippen LogP contribution in [0.2, 0.25) is 0 Å². The molecule has 202 valence electrons. The van der Waals surface area contributed by atoms with Gasteiger partial charge >= 0.3 is 20.1 Å². The molecule has 5 heteroatoms. The Kier molecular flexibility index (Phi) is 6.62. The topological polar surface area (TPSA) is 23.8 Å². The Hall–Kier alpha value is -4.70. The molecule has 1 aliphatic rings. The van der Waals surface area contributed by atoms with Crippen LogP contribution in [0.3, 0.4) is 0 Å². The van der Waals surface area contributed by atoms with Crippen molar-refractivity contribution in [3.05, 3.63) is 146 Å². The Morgan fingerprint density at radius 2 is 1.40 bits per heavy atom. The van der Waals surface area contributed by atoms with Gasteiger partial charge in [-0.15, -0.1) is 42.0 Å². The van der Waals surface area contributed by atoms with Crippen LogP contribution >= 0.6 is 0 Å². The van der Waals surface area contributed by atoms with Crippen LogP contribution in [-0.4, -0.2) is 16.4 Å². The van der Waals surface area contributed by atoms with Crippen LogP contribution in [0.25, 0.3) is 49.4 Å². The predicted octanol–water partition coefficient (Wildman–Crippen LogP) is 8.89. The minimum Gasteiger partial charge on any atom is -0.504 e. The van der Waals surface area contributed by atoms with Gasteiger partial charge in [-0.1, -0.05) is 77.3 Å². The zero-order valence-corrected chi connectivity index (χ0v) is 25.2. The normalized spacial score (nSPS) is 12.5. The summed E-state index contributed by atoms with van der Waals surface area (Å²) in [4.78, 5) is 8.66. The SMILES string of the molecule is CN1[CH-]N(c2[c-]ccc3c2c2cccc4c5ccccc5n3c42)c2ccccc21.[Ir+3].[c-]1ccccc1-c1ccccn1. The molecule has 0 saturated heterocycles. The van der Waals surface area contributed by atoms with Crippen molar-refractivity contribution in [2.24, 2.45) is 0 Å². The van der Waals surface area contributed by atoms with E-state index in [1.807, 2.05) is 42.5 Å². The zero-order valence-electron chi connectivity index (χ0n) is 22.8. The average Bonchev–Trinajstić information content (AvgIpc) is 3.69. The van der Waals surface area contributed by atoms with Gasteiger partial charge in [0.1, 0.15) is 0 Å². The molecule has 1 aliphatic heterocycles. The smallest absolute Gasteiger partial charge is 0.504 e. The molecule has 0 atom stereocenters. The Balaban J connectivity index is 0.000000188. The van der Waals surface area contributed by atoms with E-state index < -0.39 is 0 Å². The summed E-state index contributed by atoms with van der Waals surface area (Å²) in [6.07, 6.45) is 1.79. The van der Waals surface area contributed by atoms with Crippen molar-refractivity contribution < 1.29 is 20.1 Å². The Morgan fingerprint density at radius 3 is 2.24 bits per heavy atom. The van der Waals surface area contributed by atoms with E-state index in [-0.39, 0.29) is 20.1 Å². The molecule has 3 aromatic heterocycles. The van der Waals surface area contributed by atoms with Gasteiger partial charge in [0, 0.05) is 33.9 Å². The summed E-state index contributed by atoms with van der Waals surface area (Å²) in [5.74, 6) is 0. The summed E-state index contributed by atoms with van der Waals surface area (Å²) in [5.41, 5.74) is 9.29. The van der Waals surface area contributed by atoms with Crippen LogP contribution in [0.5, 0.6) is 0 Å². The molecule has 5 aromatic carbocycles. The third-order valence-corrected chi connectivity index (χ3v) is 7.86. The number of rotatable bonds is 2.